The second-order valence-electron chi connectivity index (χ2n) is 4.49. The van der Waals surface area contributed by atoms with Crippen LogP contribution < -0.4 is 9.47 Å². The molecule has 0 spiro atoms. The quantitative estimate of drug-likeness (QED) is 0.688. The predicted molar refractivity (Wildman–Crippen MR) is 75.5 cm³/mol. The first-order chi connectivity index (χ1) is 9.52. The second-order valence-corrected chi connectivity index (χ2v) is 4.49. The standard InChI is InChI=1S/C16H16O4/c1-10-5-4-6-11(2)15(10)16(18)20-12-7-8-14(19-3)13(17)9-12/h4-9,17H,1-3H3. The molecule has 0 fully saturated rings. The number of carbonyl (C=O) groups is 1. The van der Waals surface area contributed by atoms with Crippen molar-refractivity contribution in [3.8, 4) is 17.2 Å². The molecule has 0 saturated carbocycles. The van der Waals surface area contributed by atoms with Crippen molar-refractivity contribution in [3.05, 3.63) is 53.1 Å². The maximum atomic E-state index is 12.2. The number of benzene rings is 2. The van der Waals surface area contributed by atoms with E-state index in [0.717, 1.165) is 11.1 Å². The topological polar surface area (TPSA) is 55.8 Å². The summed E-state index contributed by atoms with van der Waals surface area (Å²) in [5.74, 6) is 0.0947. The molecule has 0 bridgehead atoms. The average molecular weight is 272 g/mol. The van der Waals surface area contributed by atoms with E-state index in [1.165, 1.54) is 13.2 Å². The van der Waals surface area contributed by atoms with Gasteiger partial charge in [0, 0.05) is 6.07 Å². The number of hydrogen-bond donors (Lipinski definition) is 1. The monoisotopic (exact) mass is 272 g/mol. The lowest BCUT2D eigenvalue weighted by Gasteiger charge is -2.10. The van der Waals surface area contributed by atoms with Crippen LogP contribution in [0.15, 0.2) is 36.4 Å². The van der Waals surface area contributed by atoms with Gasteiger partial charge in [-0.05, 0) is 37.1 Å². The first kappa shape index (κ1) is 13.9. The van der Waals surface area contributed by atoms with Gasteiger partial charge in [0.05, 0.1) is 12.7 Å². The number of methoxy groups -OCH3 is 1. The maximum absolute atomic E-state index is 12.2. The molecule has 2 aromatic rings. The summed E-state index contributed by atoms with van der Waals surface area (Å²) < 4.78 is 10.2. The lowest BCUT2D eigenvalue weighted by Crippen LogP contribution is -2.12. The highest BCUT2D eigenvalue weighted by Gasteiger charge is 2.15. The normalized spacial score (nSPS) is 10.2. The Morgan fingerprint density at radius 3 is 2.30 bits per heavy atom. The van der Waals surface area contributed by atoms with Crippen LogP contribution in [0, 0.1) is 13.8 Å². The summed E-state index contributed by atoms with van der Waals surface area (Å²) in [6.45, 7) is 3.71. The molecule has 4 nitrogen and oxygen atoms in total. The van der Waals surface area contributed by atoms with Crippen molar-refractivity contribution in [1.82, 2.24) is 0 Å². The Bertz CT molecular complexity index is 627. The van der Waals surface area contributed by atoms with Gasteiger partial charge >= 0.3 is 5.97 Å². The highest BCUT2D eigenvalue weighted by molar-refractivity contribution is 5.94. The summed E-state index contributed by atoms with van der Waals surface area (Å²) in [6.07, 6.45) is 0. The molecule has 4 heteroatoms. The Morgan fingerprint density at radius 1 is 1.10 bits per heavy atom. The molecule has 0 unspecified atom stereocenters. The van der Waals surface area contributed by atoms with Gasteiger partial charge < -0.3 is 14.6 Å². The summed E-state index contributed by atoms with van der Waals surface area (Å²) in [6, 6.07) is 10.1. The van der Waals surface area contributed by atoms with E-state index in [2.05, 4.69) is 0 Å². The SMILES string of the molecule is COc1ccc(OC(=O)c2c(C)cccc2C)cc1O. The van der Waals surface area contributed by atoms with E-state index in [4.69, 9.17) is 9.47 Å². The van der Waals surface area contributed by atoms with Crippen LogP contribution in [-0.2, 0) is 0 Å². The Labute approximate surface area is 117 Å². The fraction of sp³-hybridized carbons (Fsp3) is 0.188. The zero-order valence-electron chi connectivity index (χ0n) is 11.6. The lowest BCUT2D eigenvalue weighted by molar-refractivity contribution is 0.0733. The Kier molecular flexibility index (Phi) is 3.94. The van der Waals surface area contributed by atoms with Crippen molar-refractivity contribution in [2.75, 3.05) is 7.11 Å². The average Bonchev–Trinajstić information content (AvgIpc) is 2.38. The van der Waals surface area contributed by atoms with Crippen LogP contribution in [0.2, 0.25) is 0 Å². The number of esters is 1. The van der Waals surface area contributed by atoms with Gasteiger partial charge in [-0.3, -0.25) is 0 Å². The minimum absolute atomic E-state index is 0.0701. The third-order valence-electron chi connectivity index (χ3n) is 3.05. The second kappa shape index (κ2) is 5.65. The maximum Gasteiger partial charge on any atom is 0.344 e. The highest BCUT2D eigenvalue weighted by atomic mass is 16.5. The van der Waals surface area contributed by atoms with Crippen molar-refractivity contribution in [2.45, 2.75) is 13.8 Å². The molecule has 0 aliphatic heterocycles. The Hall–Kier alpha value is -2.49. The van der Waals surface area contributed by atoms with Crippen molar-refractivity contribution in [1.29, 1.82) is 0 Å². The summed E-state index contributed by atoms with van der Waals surface area (Å²) >= 11 is 0. The number of carbonyl (C=O) groups excluding carboxylic acids is 1. The van der Waals surface area contributed by atoms with E-state index < -0.39 is 5.97 Å². The Balaban J connectivity index is 2.26. The van der Waals surface area contributed by atoms with Gasteiger partial charge in [-0.25, -0.2) is 4.79 Å². The van der Waals surface area contributed by atoms with Gasteiger partial charge in [0.2, 0.25) is 0 Å². The molecule has 0 aliphatic carbocycles. The van der Waals surface area contributed by atoms with Crippen LogP contribution in [-0.4, -0.2) is 18.2 Å². The molecular formula is C16H16O4. The van der Waals surface area contributed by atoms with Crippen molar-refractivity contribution in [2.24, 2.45) is 0 Å². The Morgan fingerprint density at radius 2 is 1.75 bits per heavy atom. The summed E-state index contributed by atoms with van der Waals surface area (Å²) in [7, 11) is 1.46. The molecule has 0 aliphatic rings. The number of aryl methyl sites for hydroxylation is 2. The first-order valence-electron chi connectivity index (χ1n) is 6.18. The molecule has 0 amide bonds. The van der Waals surface area contributed by atoms with E-state index in [9.17, 15) is 9.90 Å². The van der Waals surface area contributed by atoms with Gasteiger partial charge in [-0.1, -0.05) is 18.2 Å². The molecule has 0 atom stereocenters. The van der Waals surface area contributed by atoms with E-state index in [0.29, 0.717) is 11.3 Å². The molecular weight excluding hydrogens is 256 g/mol. The predicted octanol–water partition coefficient (Wildman–Crippen LogP) is 3.24. The summed E-state index contributed by atoms with van der Waals surface area (Å²) in [5.41, 5.74) is 2.25. The lowest BCUT2D eigenvalue weighted by atomic mass is 10.0. The number of hydrogen-bond acceptors (Lipinski definition) is 4. The van der Waals surface area contributed by atoms with Gasteiger partial charge in [-0.2, -0.15) is 0 Å². The fourth-order valence-corrected chi connectivity index (χ4v) is 2.03. The van der Waals surface area contributed by atoms with Gasteiger partial charge in [-0.15, -0.1) is 0 Å². The van der Waals surface area contributed by atoms with E-state index in [1.54, 1.807) is 12.1 Å². The molecule has 0 radical (unpaired) electrons. The molecule has 0 heterocycles. The van der Waals surface area contributed by atoms with Gasteiger partial charge in [0.1, 0.15) is 5.75 Å². The largest absolute Gasteiger partial charge is 0.504 e. The zero-order chi connectivity index (χ0) is 14.7. The van der Waals surface area contributed by atoms with E-state index in [-0.39, 0.29) is 11.5 Å². The van der Waals surface area contributed by atoms with Crippen LogP contribution in [0.1, 0.15) is 21.5 Å². The van der Waals surface area contributed by atoms with E-state index >= 15 is 0 Å². The summed E-state index contributed by atoms with van der Waals surface area (Å²) in [5, 5.41) is 9.67. The molecule has 0 aromatic heterocycles. The molecule has 104 valence electrons. The third-order valence-corrected chi connectivity index (χ3v) is 3.05. The zero-order valence-corrected chi connectivity index (χ0v) is 11.6. The van der Waals surface area contributed by atoms with Gasteiger partial charge in [0.25, 0.3) is 0 Å². The van der Waals surface area contributed by atoms with Crippen LogP contribution >= 0.6 is 0 Å². The number of rotatable bonds is 3. The van der Waals surface area contributed by atoms with E-state index in [1.807, 2.05) is 32.0 Å². The minimum atomic E-state index is -0.440. The van der Waals surface area contributed by atoms with Crippen LogP contribution in [0.4, 0.5) is 0 Å². The molecule has 2 rings (SSSR count). The summed E-state index contributed by atoms with van der Waals surface area (Å²) in [4.78, 5) is 12.2. The number of aromatic hydroxyl groups is 1. The fourth-order valence-electron chi connectivity index (χ4n) is 2.03. The number of ether oxygens (including phenoxy) is 2. The van der Waals surface area contributed by atoms with Crippen molar-refractivity contribution in [3.63, 3.8) is 0 Å². The first-order valence-corrected chi connectivity index (χ1v) is 6.18. The third kappa shape index (κ3) is 2.74. The van der Waals surface area contributed by atoms with Gasteiger partial charge in [0.15, 0.2) is 11.5 Å². The number of phenolic OH excluding ortho intramolecular Hbond substituents is 1. The van der Waals surface area contributed by atoms with Crippen LogP contribution in [0.5, 0.6) is 17.2 Å². The molecule has 2 aromatic carbocycles. The van der Waals surface area contributed by atoms with Crippen molar-refractivity contribution >= 4 is 5.97 Å². The minimum Gasteiger partial charge on any atom is -0.504 e. The smallest absolute Gasteiger partial charge is 0.344 e. The highest BCUT2D eigenvalue weighted by Crippen LogP contribution is 2.30. The molecule has 0 saturated heterocycles. The van der Waals surface area contributed by atoms with Crippen molar-refractivity contribution < 1.29 is 19.4 Å². The van der Waals surface area contributed by atoms with Crippen LogP contribution in [0.3, 0.4) is 0 Å². The number of phenols is 1. The van der Waals surface area contributed by atoms with Crippen LogP contribution in [0.25, 0.3) is 0 Å². The molecule has 20 heavy (non-hydrogen) atoms. The molecule has 1 N–H and O–H groups in total.